The monoisotopic (exact) mass is 475 g/mol. The molecule has 0 saturated carbocycles. The van der Waals surface area contributed by atoms with Crippen LogP contribution >= 0.6 is 11.3 Å². The molecule has 2 aliphatic heterocycles. The summed E-state index contributed by atoms with van der Waals surface area (Å²) in [7, 11) is 1.56. The van der Waals surface area contributed by atoms with Crippen molar-refractivity contribution >= 4 is 40.3 Å². The zero-order valence-corrected chi connectivity index (χ0v) is 19.7. The van der Waals surface area contributed by atoms with Gasteiger partial charge < -0.3 is 9.64 Å². The average Bonchev–Trinajstić information content (AvgIpc) is 3.52. The number of hydrogen-bond acceptors (Lipinski definition) is 7. The molecular weight excluding hydrogens is 450 g/mol. The molecule has 7 nitrogen and oxygen atoms in total. The molecule has 0 aliphatic carbocycles. The number of hydrogen-bond donors (Lipinski definition) is 0. The third-order valence-electron chi connectivity index (χ3n) is 6.43. The number of methoxy groups -OCH3 is 1. The summed E-state index contributed by atoms with van der Waals surface area (Å²) in [5.74, 6) is 0.287. The number of carbonyl (C=O) groups excluding carboxylic acids is 3. The number of amides is 2. The SMILES string of the molecule is COc1cccc(N2C(=O)C[C@H](N3CCN(c4ccc(C(=O)c5cccs5)cc4)CC3)C2=O)c1. The molecule has 8 heteroatoms. The molecule has 0 bridgehead atoms. The Labute approximate surface area is 202 Å². The summed E-state index contributed by atoms with van der Waals surface area (Å²) in [6.45, 7) is 2.86. The lowest BCUT2D eigenvalue weighted by Gasteiger charge is -2.38. The number of nitrogens with zero attached hydrogens (tertiary/aromatic N) is 3. The van der Waals surface area contributed by atoms with Crippen LogP contribution in [0.5, 0.6) is 5.75 Å². The van der Waals surface area contributed by atoms with Gasteiger partial charge in [-0.3, -0.25) is 19.3 Å². The lowest BCUT2D eigenvalue weighted by molar-refractivity contribution is -0.123. The van der Waals surface area contributed by atoms with Crippen LogP contribution < -0.4 is 14.5 Å². The molecule has 2 amide bonds. The molecule has 2 aliphatic rings. The highest BCUT2D eigenvalue weighted by atomic mass is 32.1. The Hall–Kier alpha value is -3.49. The topological polar surface area (TPSA) is 70.2 Å². The molecule has 3 heterocycles. The minimum absolute atomic E-state index is 0.0383. The van der Waals surface area contributed by atoms with Crippen LogP contribution in [0.2, 0.25) is 0 Å². The zero-order chi connectivity index (χ0) is 23.7. The van der Waals surface area contributed by atoms with E-state index in [1.54, 1.807) is 31.4 Å². The van der Waals surface area contributed by atoms with E-state index < -0.39 is 6.04 Å². The Balaban J connectivity index is 1.22. The van der Waals surface area contributed by atoms with Crippen LogP contribution in [0.25, 0.3) is 0 Å². The maximum Gasteiger partial charge on any atom is 0.251 e. The molecule has 0 spiro atoms. The van der Waals surface area contributed by atoms with E-state index in [2.05, 4.69) is 9.80 Å². The van der Waals surface area contributed by atoms with Gasteiger partial charge in [-0.1, -0.05) is 12.1 Å². The van der Waals surface area contributed by atoms with Gasteiger partial charge in [-0.25, -0.2) is 4.90 Å². The summed E-state index contributed by atoms with van der Waals surface area (Å²) in [6.07, 6.45) is 0.190. The summed E-state index contributed by atoms with van der Waals surface area (Å²) in [5, 5.41) is 1.90. The minimum Gasteiger partial charge on any atom is -0.497 e. The molecular formula is C26H25N3O4S. The molecule has 2 aromatic carbocycles. The highest BCUT2D eigenvalue weighted by Crippen LogP contribution is 2.29. The van der Waals surface area contributed by atoms with Crippen molar-refractivity contribution in [2.75, 3.05) is 43.1 Å². The molecule has 0 unspecified atom stereocenters. The van der Waals surface area contributed by atoms with E-state index in [0.717, 1.165) is 23.7 Å². The number of piperazine rings is 1. The van der Waals surface area contributed by atoms with E-state index in [-0.39, 0.29) is 24.0 Å². The lowest BCUT2D eigenvalue weighted by Crippen LogP contribution is -2.52. The first kappa shape index (κ1) is 22.3. The van der Waals surface area contributed by atoms with Crippen LogP contribution in [-0.4, -0.2) is 61.8 Å². The van der Waals surface area contributed by atoms with Gasteiger partial charge >= 0.3 is 0 Å². The lowest BCUT2D eigenvalue weighted by atomic mass is 10.1. The minimum atomic E-state index is -0.438. The van der Waals surface area contributed by atoms with Gasteiger partial charge in [0.1, 0.15) is 5.75 Å². The predicted octanol–water partition coefficient (Wildman–Crippen LogP) is 3.44. The number of ether oxygens (including phenoxy) is 1. The van der Waals surface area contributed by atoms with Gasteiger partial charge in [-0.15, -0.1) is 11.3 Å². The first-order valence-corrected chi connectivity index (χ1v) is 12.1. The van der Waals surface area contributed by atoms with E-state index in [1.165, 1.54) is 16.2 Å². The van der Waals surface area contributed by atoms with E-state index >= 15 is 0 Å². The second-order valence-corrected chi connectivity index (χ2v) is 9.31. The molecule has 1 atom stereocenters. The zero-order valence-electron chi connectivity index (χ0n) is 18.8. The van der Waals surface area contributed by atoms with Gasteiger partial charge in [0, 0.05) is 43.5 Å². The van der Waals surface area contributed by atoms with E-state index in [1.807, 2.05) is 41.8 Å². The molecule has 2 saturated heterocycles. The normalized spacial score (nSPS) is 19.0. The highest BCUT2D eigenvalue weighted by molar-refractivity contribution is 7.12. The van der Waals surface area contributed by atoms with Crippen LogP contribution in [-0.2, 0) is 9.59 Å². The number of thiophene rings is 1. The Morgan fingerprint density at radius 1 is 0.941 bits per heavy atom. The van der Waals surface area contributed by atoms with Crippen LogP contribution in [0.4, 0.5) is 11.4 Å². The van der Waals surface area contributed by atoms with Gasteiger partial charge in [-0.2, -0.15) is 0 Å². The standard InChI is InChI=1S/C26H25N3O4S/c1-33-21-5-2-4-20(16-21)29-24(30)17-22(26(29)32)28-13-11-27(12-14-28)19-9-7-18(8-10-19)25(31)23-6-3-15-34-23/h2-10,15-16,22H,11-14,17H2,1H3/t22-/m0/s1. The van der Waals surface area contributed by atoms with Crippen molar-refractivity contribution in [1.82, 2.24) is 4.90 Å². The summed E-state index contributed by atoms with van der Waals surface area (Å²) in [4.78, 5) is 44.7. The first-order valence-electron chi connectivity index (χ1n) is 11.2. The first-order chi connectivity index (χ1) is 16.5. The van der Waals surface area contributed by atoms with E-state index in [4.69, 9.17) is 4.74 Å². The third-order valence-corrected chi connectivity index (χ3v) is 7.30. The molecule has 5 rings (SSSR count). The number of rotatable bonds is 6. The van der Waals surface area contributed by atoms with E-state index in [9.17, 15) is 14.4 Å². The average molecular weight is 476 g/mol. The smallest absolute Gasteiger partial charge is 0.251 e. The Kier molecular flexibility index (Phi) is 6.17. The maximum absolute atomic E-state index is 13.1. The number of ketones is 1. The second-order valence-electron chi connectivity index (χ2n) is 8.37. The summed E-state index contributed by atoms with van der Waals surface area (Å²) >= 11 is 1.44. The fraction of sp³-hybridized carbons (Fsp3) is 0.269. The van der Waals surface area contributed by atoms with Crippen molar-refractivity contribution in [2.45, 2.75) is 12.5 Å². The molecule has 174 valence electrons. The summed E-state index contributed by atoms with van der Waals surface area (Å²) in [6, 6.07) is 18.0. The quantitative estimate of drug-likeness (QED) is 0.402. The van der Waals surface area contributed by atoms with Crippen LogP contribution in [0.1, 0.15) is 21.7 Å². The molecule has 1 aromatic heterocycles. The Bertz CT molecular complexity index is 1200. The van der Waals surface area contributed by atoms with Crippen LogP contribution in [0, 0.1) is 0 Å². The summed E-state index contributed by atoms with van der Waals surface area (Å²) < 4.78 is 5.24. The summed E-state index contributed by atoms with van der Waals surface area (Å²) in [5.41, 5.74) is 2.28. The third kappa shape index (κ3) is 4.22. The fourth-order valence-electron chi connectivity index (χ4n) is 4.59. The fourth-order valence-corrected chi connectivity index (χ4v) is 5.27. The molecule has 2 fully saturated rings. The van der Waals surface area contributed by atoms with Crippen molar-refractivity contribution in [1.29, 1.82) is 0 Å². The van der Waals surface area contributed by atoms with Crippen molar-refractivity contribution in [2.24, 2.45) is 0 Å². The maximum atomic E-state index is 13.1. The largest absolute Gasteiger partial charge is 0.497 e. The van der Waals surface area contributed by atoms with Gasteiger partial charge in [0.15, 0.2) is 0 Å². The van der Waals surface area contributed by atoms with Gasteiger partial charge in [-0.05, 0) is 47.8 Å². The van der Waals surface area contributed by atoms with Crippen molar-refractivity contribution in [3.05, 3.63) is 76.5 Å². The van der Waals surface area contributed by atoms with Gasteiger partial charge in [0.25, 0.3) is 5.91 Å². The molecule has 34 heavy (non-hydrogen) atoms. The van der Waals surface area contributed by atoms with Crippen LogP contribution in [0.15, 0.2) is 66.0 Å². The predicted molar refractivity (Wildman–Crippen MR) is 132 cm³/mol. The highest BCUT2D eigenvalue weighted by Gasteiger charge is 2.43. The van der Waals surface area contributed by atoms with Crippen LogP contribution in [0.3, 0.4) is 0 Å². The molecule has 3 aromatic rings. The molecule has 0 N–H and O–H groups in total. The molecule has 0 radical (unpaired) electrons. The van der Waals surface area contributed by atoms with E-state index in [0.29, 0.717) is 30.1 Å². The Morgan fingerprint density at radius 3 is 2.38 bits per heavy atom. The second kappa shape index (κ2) is 9.40. The van der Waals surface area contributed by atoms with Gasteiger partial charge in [0.2, 0.25) is 11.7 Å². The number of imide groups is 1. The van der Waals surface area contributed by atoms with Crippen molar-refractivity contribution < 1.29 is 19.1 Å². The van der Waals surface area contributed by atoms with Gasteiger partial charge in [0.05, 0.1) is 30.1 Å². The number of anilines is 2. The Morgan fingerprint density at radius 2 is 1.71 bits per heavy atom. The number of benzene rings is 2. The van der Waals surface area contributed by atoms with Crippen molar-refractivity contribution in [3.8, 4) is 5.75 Å². The van der Waals surface area contributed by atoms with Crippen molar-refractivity contribution in [3.63, 3.8) is 0 Å². The number of carbonyl (C=O) groups is 3.